The number of rotatable bonds is 5. The number of hydrogen-bond donors (Lipinski definition) is 1. The van der Waals surface area contributed by atoms with Crippen LogP contribution in [-0.4, -0.2) is 14.1 Å². The minimum absolute atomic E-state index is 0.305. The SMILES string of the molecule is CNC(C)c1ccc(N(C)Cc2ccc(C)cc2)c(Cl)c1. The Kier molecular flexibility index (Phi) is 5.27. The molecule has 0 fully saturated rings. The molecule has 1 unspecified atom stereocenters. The van der Waals surface area contributed by atoms with Gasteiger partial charge in [-0.05, 0) is 44.2 Å². The smallest absolute Gasteiger partial charge is 0.0642 e. The fraction of sp³-hybridized carbons (Fsp3) is 0.333. The van der Waals surface area contributed by atoms with Crippen LogP contribution in [0.4, 0.5) is 5.69 Å². The van der Waals surface area contributed by atoms with Crippen molar-refractivity contribution in [2.45, 2.75) is 26.4 Å². The monoisotopic (exact) mass is 302 g/mol. The van der Waals surface area contributed by atoms with E-state index in [1.54, 1.807) is 0 Å². The number of halogens is 1. The van der Waals surface area contributed by atoms with Crippen LogP contribution in [0.1, 0.15) is 29.7 Å². The minimum Gasteiger partial charge on any atom is -0.369 e. The summed E-state index contributed by atoms with van der Waals surface area (Å²) in [5.74, 6) is 0. The molecule has 0 saturated heterocycles. The number of hydrogen-bond acceptors (Lipinski definition) is 2. The Morgan fingerprint density at radius 3 is 2.38 bits per heavy atom. The van der Waals surface area contributed by atoms with Crippen LogP contribution in [-0.2, 0) is 6.54 Å². The number of benzene rings is 2. The first-order valence-corrected chi connectivity index (χ1v) is 7.62. The van der Waals surface area contributed by atoms with E-state index >= 15 is 0 Å². The van der Waals surface area contributed by atoms with Crippen LogP contribution in [0.25, 0.3) is 0 Å². The maximum Gasteiger partial charge on any atom is 0.0642 e. The Hall–Kier alpha value is -1.51. The van der Waals surface area contributed by atoms with Crippen LogP contribution < -0.4 is 10.2 Å². The third-order valence-corrected chi connectivity index (χ3v) is 4.16. The predicted octanol–water partition coefficient (Wildman–Crippen LogP) is 4.57. The van der Waals surface area contributed by atoms with E-state index in [-0.39, 0.29) is 0 Å². The molecule has 0 aliphatic heterocycles. The number of aryl methyl sites for hydroxylation is 1. The summed E-state index contributed by atoms with van der Waals surface area (Å²) in [7, 11) is 4.03. The standard InChI is InChI=1S/C18H23ClN2/c1-13-5-7-15(8-6-13)12-21(4)18-10-9-16(11-17(18)19)14(2)20-3/h5-11,14,20H,12H2,1-4H3. The lowest BCUT2D eigenvalue weighted by molar-refractivity contribution is 0.652. The van der Waals surface area contributed by atoms with Gasteiger partial charge in [0, 0.05) is 19.6 Å². The molecule has 2 nitrogen and oxygen atoms in total. The zero-order valence-electron chi connectivity index (χ0n) is 13.2. The van der Waals surface area contributed by atoms with Crippen LogP contribution in [0.15, 0.2) is 42.5 Å². The molecular formula is C18H23ClN2. The van der Waals surface area contributed by atoms with Crippen molar-refractivity contribution in [3.63, 3.8) is 0 Å². The topological polar surface area (TPSA) is 15.3 Å². The summed E-state index contributed by atoms with van der Waals surface area (Å²) in [4.78, 5) is 2.18. The van der Waals surface area contributed by atoms with E-state index in [0.717, 1.165) is 17.3 Å². The maximum absolute atomic E-state index is 6.45. The van der Waals surface area contributed by atoms with Crippen molar-refractivity contribution in [2.75, 3.05) is 19.0 Å². The summed E-state index contributed by atoms with van der Waals surface area (Å²) >= 11 is 6.45. The van der Waals surface area contributed by atoms with Crippen molar-refractivity contribution >= 4 is 17.3 Å². The summed E-state index contributed by atoms with van der Waals surface area (Å²) in [6.07, 6.45) is 0. The molecule has 3 heteroatoms. The molecule has 21 heavy (non-hydrogen) atoms. The van der Waals surface area contributed by atoms with Gasteiger partial charge in [0.1, 0.15) is 0 Å². The van der Waals surface area contributed by atoms with Gasteiger partial charge in [-0.1, -0.05) is 47.5 Å². The van der Waals surface area contributed by atoms with E-state index in [2.05, 4.69) is 67.5 Å². The van der Waals surface area contributed by atoms with Crippen molar-refractivity contribution in [2.24, 2.45) is 0 Å². The van der Waals surface area contributed by atoms with E-state index in [4.69, 9.17) is 11.6 Å². The zero-order valence-corrected chi connectivity index (χ0v) is 13.9. The fourth-order valence-electron chi connectivity index (χ4n) is 2.32. The average Bonchev–Trinajstić information content (AvgIpc) is 2.48. The lowest BCUT2D eigenvalue weighted by atomic mass is 10.1. The van der Waals surface area contributed by atoms with Gasteiger partial charge >= 0.3 is 0 Å². The molecule has 0 spiro atoms. The van der Waals surface area contributed by atoms with E-state index in [1.165, 1.54) is 16.7 Å². The van der Waals surface area contributed by atoms with Gasteiger partial charge in [0.2, 0.25) is 0 Å². The Labute approximate surface area is 132 Å². The van der Waals surface area contributed by atoms with Gasteiger partial charge in [-0.3, -0.25) is 0 Å². The quantitative estimate of drug-likeness (QED) is 0.870. The Bertz CT molecular complexity index is 593. The largest absolute Gasteiger partial charge is 0.369 e. The highest BCUT2D eigenvalue weighted by molar-refractivity contribution is 6.33. The molecule has 1 atom stereocenters. The molecule has 0 bridgehead atoms. The van der Waals surface area contributed by atoms with Gasteiger partial charge in [0.25, 0.3) is 0 Å². The van der Waals surface area contributed by atoms with Crippen LogP contribution >= 0.6 is 11.6 Å². The first-order chi connectivity index (χ1) is 10.0. The van der Waals surface area contributed by atoms with Crippen molar-refractivity contribution < 1.29 is 0 Å². The molecule has 0 heterocycles. The van der Waals surface area contributed by atoms with Crippen LogP contribution in [0.3, 0.4) is 0 Å². The van der Waals surface area contributed by atoms with Crippen LogP contribution in [0, 0.1) is 6.92 Å². The summed E-state index contributed by atoms with van der Waals surface area (Å²) < 4.78 is 0. The van der Waals surface area contributed by atoms with Crippen molar-refractivity contribution in [3.8, 4) is 0 Å². The second kappa shape index (κ2) is 6.97. The first kappa shape index (κ1) is 15.9. The van der Waals surface area contributed by atoms with Gasteiger partial charge in [-0.2, -0.15) is 0 Å². The van der Waals surface area contributed by atoms with E-state index in [9.17, 15) is 0 Å². The molecule has 112 valence electrons. The van der Waals surface area contributed by atoms with Gasteiger partial charge < -0.3 is 10.2 Å². The summed E-state index contributed by atoms with van der Waals surface area (Å²) in [6, 6.07) is 15.2. The number of nitrogens with one attached hydrogen (secondary N) is 1. The maximum atomic E-state index is 6.45. The highest BCUT2D eigenvalue weighted by atomic mass is 35.5. The molecule has 2 aromatic rings. The Morgan fingerprint density at radius 2 is 1.81 bits per heavy atom. The highest BCUT2D eigenvalue weighted by Crippen LogP contribution is 2.29. The van der Waals surface area contributed by atoms with Crippen LogP contribution in [0.2, 0.25) is 5.02 Å². The molecule has 2 rings (SSSR count). The minimum atomic E-state index is 0.305. The second-order valence-corrected chi connectivity index (χ2v) is 5.97. The molecule has 0 aromatic heterocycles. The molecule has 0 aliphatic rings. The molecular weight excluding hydrogens is 280 g/mol. The second-order valence-electron chi connectivity index (χ2n) is 5.56. The van der Waals surface area contributed by atoms with Gasteiger partial charge in [-0.25, -0.2) is 0 Å². The molecule has 0 radical (unpaired) electrons. The number of nitrogens with zero attached hydrogens (tertiary/aromatic N) is 1. The van der Waals surface area contributed by atoms with Gasteiger partial charge in [-0.15, -0.1) is 0 Å². The van der Waals surface area contributed by atoms with Crippen LogP contribution in [0.5, 0.6) is 0 Å². The Balaban J connectivity index is 2.15. The van der Waals surface area contributed by atoms with Crippen molar-refractivity contribution in [3.05, 3.63) is 64.2 Å². The van der Waals surface area contributed by atoms with Crippen molar-refractivity contribution in [1.29, 1.82) is 0 Å². The normalized spacial score (nSPS) is 12.2. The van der Waals surface area contributed by atoms with E-state index < -0.39 is 0 Å². The summed E-state index contributed by atoms with van der Waals surface area (Å²) in [5, 5.41) is 4.03. The fourth-order valence-corrected chi connectivity index (χ4v) is 2.65. The van der Waals surface area contributed by atoms with Gasteiger partial charge in [0.15, 0.2) is 0 Å². The summed E-state index contributed by atoms with van der Waals surface area (Å²) in [5.41, 5.74) is 4.83. The lowest BCUT2D eigenvalue weighted by Crippen LogP contribution is -2.17. The molecule has 1 N–H and O–H groups in total. The number of anilines is 1. The summed E-state index contributed by atoms with van der Waals surface area (Å²) in [6.45, 7) is 5.08. The average molecular weight is 303 g/mol. The van der Waals surface area contributed by atoms with E-state index in [1.807, 2.05) is 13.1 Å². The lowest BCUT2D eigenvalue weighted by Gasteiger charge is -2.22. The molecule has 0 saturated carbocycles. The molecule has 2 aromatic carbocycles. The zero-order chi connectivity index (χ0) is 15.4. The van der Waals surface area contributed by atoms with Gasteiger partial charge in [0.05, 0.1) is 10.7 Å². The predicted molar refractivity (Wildman–Crippen MR) is 92.2 cm³/mol. The van der Waals surface area contributed by atoms with Crippen molar-refractivity contribution in [1.82, 2.24) is 5.32 Å². The Morgan fingerprint density at radius 1 is 1.14 bits per heavy atom. The molecule has 0 amide bonds. The molecule has 0 aliphatic carbocycles. The third-order valence-electron chi connectivity index (χ3n) is 3.86. The first-order valence-electron chi connectivity index (χ1n) is 7.24. The third kappa shape index (κ3) is 3.99. The highest BCUT2D eigenvalue weighted by Gasteiger charge is 2.10. The van der Waals surface area contributed by atoms with E-state index in [0.29, 0.717) is 6.04 Å².